The van der Waals surface area contributed by atoms with Gasteiger partial charge in [0.2, 0.25) is 0 Å². The number of hydrogen-bond acceptors (Lipinski definition) is 3. The first kappa shape index (κ1) is 15.9. The van der Waals surface area contributed by atoms with E-state index in [0.717, 1.165) is 48.2 Å². The fraction of sp³-hybridized carbons (Fsp3) is 0.421. The van der Waals surface area contributed by atoms with Crippen LogP contribution in [-0.4, -0.2) is 43.6 Å². The van der Waals surface area contributed by atoms with Gasteiger partial charge in [0.15, 0.2) is 0 Å². The smallest absolute Gasteiger partial charge is 0.254 e. The number of benzene rings is 1. The number of rotatable bonds is 4. The molecule has 6 nitrogen and oxygen atoms in total. The summed E-state index contributed by atoms with van der Waals surface area (Å²) >= 11 is 0. The molecule has 1 aliphatic rings. The number of likely N-dealkylation sites (tertiary alicyclic amines) is 1. The average molecular weight is 337 g/mol. The molecule has 25 heavy (non-hydrogen) atoms. The summed E-state index contributed by atoms with van der Waals surface area (Å²) in [6.07, 6.45) is 5.56. The van der Waals surface area contributed by atoms with Gasteiger partial charge in [-0.3, -0.25) is 4.79 Å². The van der Waals surface area contributed by atoms with Crippen LogP contribution < -0.4 is 0 Å². The Morgan fingerprint density at radius 2 is 2.24 bits per heavy atom. The van der Waals surface area contributed by atoms with Crippen LogP contribution in [0.4, 0.5) is 0 Å². The molecule has 1 aromatic carbocycles. The molecule has 3 aromatic rings. The van der Waals surface area contributed by atoms with Crippen LogP contribution in [0.5, 0.6) is 0 Å². The first-order valence-corrected chi connectivity index (χ1v) is 8.87. The maximum absolute atomic E-state index is 13.0. The van der Waals surface area contributed by atoms with Gasteiger partial charge in [0.25, 0.3) is 5.91 Å². The fourth-order valence-electron chi connectivity index (χ4n) is 3.73. The lowest BCUT2D eigenvalue weighted by Gasteiger charge is -2.17. The maximum Gasteiger partial charge on any atom is 0.254 e. The van der Waals surface area contributed by atoms with Crippen molar-refractivity contribution < 1.29 is 4.79 Å². The third-order valence-corrected chi connectivity index (χ3v) is 5.07. The molecule has 130 valence electrons. The van der Waals surface area contributed by atoms with Crippen molar-refractivity contribution in [3.05, 3.63) is 48.2 Å². The highest BCUT2D eigenvalue weighted by atomic mass is 16.2. The van der Waals surface area contributed by atoms with E-state index >= 15 is 0 Å². The Morgan fingerprint density at radius 1 is 1.36 bits per heavy atom. The van der Waals surface area contributed by atoms with Gasteiger partial charge in [-0.25, -0.2) is 0 Å². The third kappa shape index (κ3) is 2.92. The number of aromatic nitrogens is 4. The molecule has 4 rings (SSSR count). The molecule has 2 aromatic heterocycles. The molecule has 1 atom stereocenters. The molecule has 1 saturated heterocycles. The molecule has 0 spiro atoms. The highest BCUT2D eigenvalue weighted by Crippen LogP contribution is 2.25. The van der Waals surface area contributed by atoms with Crippen LogP contribution in [0.3, 0.4) is 0 Å². The van der Waals surface area contributed by atoms with Crippen molar-refractivity contribution in [1.82, 2.24) is 24.6 Å². The third-order valence-electron chi connectivity index (χ3n) is 5.07. The molecule has 1 amide bonds. The molecule has 1 N–H and O–H groups in total. The van der Waals surface area contributed by atoms with E-state index in [-0.39, 0.29) is 5.91 Å². The van der Waals surface area contributed by atoms with Gasteiger partial charge in [0.05, 0.1) is 0 Å². The van der Waals surface area contributed by atoms with E-state index in [1.807, 2.05) is 35.4 Å². The second-order valence-electron chi connectivity index (χ2n) is 7.10. The molecule has 0 radical (unpaired) electrons. The number of H-pyrrole nitrogens is 1. The Kier molecular flexibility index (Phi) is 4.03. The van der Waals surface area contributed by atoms with Crippen molar-refractivity contribution >= 4 is 16.8 Å². The molecule has 3 heterocycles. The van der Waals surface area contributed by atoms with Crippen LogP contribution in [0.25, 0.3) is 10.9 Å². The van der Waals surface area contributed by atoms with Gasteiger partial charge < -0.3 is 14.5 Å². The van der Waals surface area contributed by atoms with Crippen molar-refractivity contribution in [3.8, 4) is 0 Å². The van der Waals surface area contributed by atoms with Gasteiger partial charge in [0.1, 0.15) is 12.2 Å². The summed E-state index contributed by atoms with van der Waals surface area (Å²) in [5.74, 6) is 1.58. The first-order chi connectivity index (χ1) is 12.1. The standard InChI is InChI=1S/C19H23N5O/c1-13(2)24-12-21-22-18(24)10-14-7-9-23(11-14)19(25)16-4-3-5-17-15(16)6-8-20-17/h3-6,8,12-14,20H,7,9-11H2,1-2H3. The van der Waals surface area contributed by atoms with Crippen LogP contribution in [0.2, 0.25) is 0 Å². The second-order valence-corrected chi connectivity index (χ2v) is 7.10. The quantitative estimate of drug-likeness (QED) is 0.796. The molecule has 1 fully saturated rings. The van der Waals surface area contributed by atoms with Crippen LogP contribution in [0.15, 0.2) is 36.8 Å². The molecule has 1 aliphatic heterocycles. The minimum atomic E-state index is 0.123. The summed E-state index contributed by atoms with van der Waals surface area (Å²) in [6, 6.07) is 8.18. The van der Waals surface area contributed by atoms with E-state index in [9.17, 15) is 4.79 Å². The SMILES string of the molecule is CC(C)n1cnnc1CC1CCN(C(=O)c2cccc3[nH]ccc23)C1. The zero-order valence-corrected chi connectivity index (χ0v) is 14.6. The van der Waals surface area contributed by atoms with Gasteiger partial charge in [-0.1, -0.05) is 6.07 Å². The van der Waals surface area contributed by atoms with E-state index in [2.05, 4.69) is 33.6 Å². The lowest BCUT2D eigenvalue weighted by Crippen LogP contribution is -2.29. The van der Waals surface area contributed by atoms with Gasteiger partial charge in [0, 0.05) is 48.2 Å². The van der Waals surface area contributed by atoms with E-state index < -0.39 is 0 Å². The zero-order chi connectivity index (χ0) is 17.4. The predicted molar refractivity (Wildman–Crippen MR) is 96.4 cm³/mol. The summed E-state index contributed by atoms with van der Waals surface area (Å²) in [5, 5.41) is 9.31. The van der Waals surface area contributed by atoms with E-state index in [0.29, 0.717) is 12.0 Å². The van der Waals surface area contributed by atoms with Crippen LogP contribution >= 0.6 is 0 Å². The van der Waals surface area contributed by atoms with Crippen LogP contribution in [0, 0.1) is 5.92 Å². The second kappa shape index (κ2) is 6.35. The Balaban J connectivity index is 1.48. The highest BCUT2D eigenvalue weighted by Gasteiger charge is 2.29. The van der Waals surface area contributed by atoms with Crippen molar-refractivity contribution in [2.45, 2.75) is 32.7 Å². The number of amides is 1. The Bertz CT molecular complexity index is 894. The molecular weight excluding hydrogens is 314 g/mol. The summed E-state index contributed by atoms with van der Waals surface area (Å²) in [7, 11) is 0. The summed E-state index contributed by atoms with van der Waals surface area (Å²) in [6.45, 7) is 5.86. The lowest BCUT2D eigenvalue weighted by molar-refractivity contribution is 0.0789. The van der Waals surface area contributed by atoms with Crippen molar-refractivity contribution in [3.63, 3.8) is 0 Å². The summed E-state index contributed by atoms with van der Waals surface area (Å²) in [4.78, 5) is 18.1. The van der Waals surface area contributed by atoms with Crippen molar-refractivity contribution in [2.24, 2.45) is 5.92 Å². The lowest BCUT2D eigenvalue weighted by atomic mass is 10.0. The van der Waals surface area contributed by atoms with Gasteiger partial charge in [-0.2, -0.15) is 0 Å². The Hall–Kier alpha value is -2.63. The van der Waals surface area contributed by atoms with E-state index in [1.165, 1.54) is 0 Å². The number of aromatic amines is 1. The number of carbonyl (C=O) groups excluding carboxylic acids is 1. The zero-order valence-electron chi connectivity index (χ0n) is 14.6. The summed E-state index contributed by atoms with van der Waals surface area (Å²) in [5.41, 5.74) is 1.79. The predicted octanol–water partition coefficient (Wildman–Crippen LogP) is 3.05. The van der Waals surface area contributed by atoms with E-state index in [4.69, 9.17) is 0 Å². The largest absolute Gasteiger partial charge is 0.361 e. The monoisotopic (exact) mass is 337 g/mol. The first-order valence-electron chi connectivity index (χ1n) is 8.87. The normalized spacial score (nSPS) is 17.7. The molecule has 0 aliphatic carbocycles. The minimum Gasteiger partial charge on any atom is -0.361 e. The van der Waals surface area contributed by atoms with Crippen LogP contribution in [0.1, 0.15) is 42.5 Å². The molecule has 0 saturated carbocycles. The van der Waals surface area contributed by atoms with Gasteiger partial charge >= 0.3 is 0 Å². The van der Waals surface area contributed by atoms with E-state index in [1.54, 1.807) is 6.33 Å². The maximum atomic E-state index is 13.0. The molecule has 0 bridgehead atoms. The van der Waals surface area contributed by atoms with Crippen molar-refractivity contribution in [2.75, 3.05) is 13.1 Å². The van der Waals surface area contributed by atoms with Gasteiger partial charge in [-0.05, 0) is 44.4 Å². The Morgan fingerprint density at radius 3 is 3.08 bits per heavy atom. The van der Waals surface area contributed by atoms with Gasteiger partial charge in [-0.15, -0.1) is 10.2 Å². The fourth-order valence-corrected chi connectivity index (χ4v) is 3.73. The number of carbonyl (C=O) groups is 1. The summed E-state index contributed by atoms with van der Waals surface area (Å²) < 4.78 is 2.12. The molecule has 6 heteroatoms. The Labute approximate surface area is 146 Å². The number of hydrogen-bond donors (Lipinski definition) is 1. The highest BCUT2D eigenvalue weighted by molar-refractivity contribution is 6.06. The molecule has 1 unspecified atom stereocenters. The molecular formula is C19H23N5O. The topological polar surface area (TPSA) is 66.8 Å². The van der Waals surface area contributed by atoms with Crippen LogP contribution in [-0.2, 0) is 6.42 Å². The minimum absolute atomic E-state index is 0.123. The number of nitrogens with zero attached hydrogens (tertiary/aromatic N) is 4. The van der Waals surface area contributed by atoms with Crippen molar-refractivity contribution in [1.29, 1.82) is 0 Å². The number of nitrogens with one attached hydrogen (secondary N) is 1. The average Bonchev–Trinajstić information content (AvgIpc) is 3.34. The number of fused-ring (bicyclic) bond motifs is 1.